The smallest absolute Gasteiger partial charge is 0.307 e. The van der Waals surface area contributed by atoms with Gasteiger partial charge in [-0.1, -0.05) is 62.6 Å². The molecule has 1 atom stereocenters. The number of aliphatic hydroxyl groups is 1. The minimum Gasteiger partial charge on any atom is -0.489 e. The summed E-state index contributed by atoms with van der Waals surface area (Å²) in [5.41, 5.74) is 2.55. The lowest BCUT2D eigenvalue weighted by Crippen LogP contribution is -2.02. The molecule has 2 aromatic carbocycles. The molecule has 4 heteroatoms. The Balaban J connectivity index is 1.94. The van der Waals surface area contributed by atoms with Crippen molar-refractivity contribution in [2.75, 3.05) is 0 Å². The van der Waals surface area contributed by atoms with E-state index in [0.717, 1.165) is 42.4 Å². The molecule has 0 spiro atoms. The van der Waals surface area contributed by atoms with Crippen LogP contribution in [-0.2, 0) is 17.8 Å². The van der Waals surface area contributed by atoms with Crippen molar-refractivity contribution in [3.05, 3.63) is 65.2 Å². The van der Waals surface area contributed by atoms with E-state index in [9.17, 15) is 9.90 Å². The number of rotatable bonds is 10. The highest BCUT2D eigenvalue weighted by Crippen LogP contribution is 2.24. The largest absolute Gasteiger partial charge is 0.489 e. The van der Waals surface area contributed by atoms with Crippen LogP contribution in [-0.4, -0.2) is 16.2 Å². The van der Waals surface area contributed by atoms with E-state index in [1.54, 1.807) is 6.07 Å². The molecule has 0 heterocycles. The number of carboxylic acids is 1. The van der Waals surface area contributed by atoms with Gasteiger partial charge in [0.05, 0.1) is 12.5 Å². The van der Waals surface area contributed by atoms with Gasteiger partial charge >= 0.3 is 5.97 Å². The van der Waals surface area contributed by atoms with E-state index in [1.165, 1.54) is 0 Å². The predicted octanol–water partition coefficient (Wildman–Crippen LogP) is 4.51. The van der Waals surface area contributed by atoms with E-state index >= 15 is 0 Å². The van der Waals surface area contributed by atoms with Gasteiger partial charge in [-0.3, -0.25) is 4.79 Å². The quantitative estimate of drug-likeness (QED) is 0.624. The highest BCUT2D eigenvalue weighted by molar-refractivity contribution is 5.70. The van der Waals surface area contributed by atoms with E-state index in [0.29, 0.717) is 12.4 Å². The lowest BCUT2D eigenvalue weighted by Gasteiger charge is -2.13. The van der Waals surface area contributed by atoms with E-state index in [2.05, 4.69) is 6.92 Å². The van der Waals surface area contributed by atoms with Crippen molar-refractivity contribution in [2.45, 2.75) is 51.7 Å². The molecular formula is C21H26O4. The Kier molecular flexibility index (Phi) is 7.48. The Labute approximate surface area is 149 Å². The number of hydrogen-bond acceptors (Lipinski definition) is 3. The van der Waals surface area contributed by atoms with Crippen LogP contribution in [0.3, 0.4) is 0 Å². The van der Waals surface area contributed by atoms with Gasteiger partial charge in [0.25, 0.3) is 0 Å². The summed E-state index contributed by atoms with van der Waals surface area (Å²) < 4.78 is 5.81. The van der Waals surface area contributed by atoms with Gasteiger partial charge in [0.15, 0.2) is 0 Å². The first kappa shape index (κ1) is 19.0. The predicted molar refractivity (Wildman–Crippen MR) is 97.7 cm³/mol. The van der Waals surface area contributed by atoms with Crippen LogP contribution >= 0.6 is 0 Å². The topological polar surface area (TPSA) is 66.8 Å². The van der Waals surface area contributed by atoms with Crippen LogP contribution in [0.5, 0.6) is 5.75 Å². The number of hydrogen-bond donors (Lipinski definition) is 2. The van der Waals surface area contributed by atoms with Crippen molar-refractivity contribution < 1.29 is 19.7 Å². The van der Waals surface area contributed by atoms with Gasteiger partial charge in [-0.2, -0.15) is 0 Å². The first-order valence-electron chi connectivity index (χ1n) is 8.79. The maximum Gasteiger partial charge on any atom is 0.307 e. The van der Waals surface area contributed by atoms with E-state index < -0.39 is 12.1 Å². The highest BCUT2D eigenvalue weighted by atomic mass is 16.5. The normalized spacial score (nSPS) is 11.9. The second-order valence-corrected chi connectivity index (χ2v) is 6.26. The van der Waals surface area contributed by atoms with Crippen molar-refractivity contribution in [3.63, 3.8) is 0 Å². The lowest BCUT2D eigenvalue weighted by molar-refractivity contribution is -0.136. The summed E-state index contributed by atoms with van der Waals surface area (Å²) in [6, 6.07) is 14.9. The lowest BCUT2D eigenvalue weighted by atomic mass is 10.0. The third kappa shape index (κ3) is 6.59. The SMILES string of the molecule is CCCCC[C@H](O)c1cccc(OCc2cccc(CC(=O)O)c2)c1. The van der Waals surface area contributed by atoms with Gasteiger partial charge in [0.2, 0.25) is 0 Å². The molecule has 2 aromatic rings. The summed E-state index contributed by atoms with van der Waals surface area (Å²) in [4.78, 5) is 10.8. The zero-order chi connectivity index (χ0) is 18.1. The summed E-state index contributed by atoms with van der Waals surface area (Å²) in [5.74, 6) is -0.140. The van der Waals surface area contributed by atoms with Gasteiger partial charge in [-0.05, 0) is 35.2 Å². The fourth-order valence-electron chi connectivity index (χ4n) is 2.74. The molecule has 2 N–H and O–H groups in total. The molecule has 0 fully saturated rings. The molecule has 0 saturated heterocycles. The monoisotopic (exact) mass is 342 g/mol. The molecule has 4 nitrogen and oxygen atoms in total. The number of carbonyl (C=O) groups is 1. The second kappa shape index (κ2) is 9.84. The molecule has 0 amide bonds. The van der Waals surface area contributed by atoms with E-state index in [1.807, 2.05) is 42.5 Å². The fraction of sp³-hybridized carbons (Fsp3) is 0.381. The first-order chi connectivity index (χ1) is 12.1. The first-order valence-corrected chi connectivity index (χ1v) is 8.79. The molecule has 0 saturated carbocycles. The molecule has 0 aliphatic rings. The van der Waals surface area contributed by atoms with E-state index in [-0.39, 0.29) is 6.42 Å². The molecular weight excluding hydrogens is 316 g/mol. The van der Waals surface area contributed by atoms with Crippen LogP contribution in [0.2, 0.25) is 0 Å². The molecule has 0 bridgehead atoms. The maximum atomic E-state index is 10.8. The van der Waals surface area contributed by atoms with Crippen molar-refractivity contribution in [3.8, 4) is 5.75 Å². The van der Waals surface area contributed by atoms with Crippen molar-refractivity contribution in [2.24, 2.45) is 0 Å². The van der Waals surface area contributed by atoms with Gasteiger partial charge < -0.3 is 14.9 Å². The number of aliphatic hydroxyl groups excluding tert-OH is 1. The van der Waals surface area contributed by atoms with Crippen LogP contribution in [0, 0.1) is 0 Å². The Morgan fingerprint density at radius 1 is 1.08 bits per heavy atom. The van der Waals surface area contributed by atoms with Gasteiger partial charge in [-0.15, -0.1) is 0 Å². The fourth-order valence-corrected chi connectivity index (χ4v) is 2.74. The van der Waals surface area contributed by atoms with Gasteiger partial charge in [-0.25, -0.2) is 0 Å². The summed E-state index contributed by atoms with van der Waals surface area (Å²) in [5, 5.41) is 19.1. The van der Waals surface area contributed by atoms with Crippen LogP contribution < -0.4 is 4.74 Å². The van der Waals surface area contributed by atoms with Crippen molar-refractivity contribution in [1.29, 1.82) is 0 Å². The number of aliphatic carboxylic acids is 1. The van der Waals surface area contributed by atoms with Crippen LogP contribution in [0.15, 0.2) is 48.5 Å². The third-order valence-corrected chi connectivity index (χ3v) is 4.08. The Morgan fingerprint density at radius 2 is 1.84 bits per heavy atom. The molecule has 2 rings (SSSR count). The average Bonchev–Trinajstić information content (AvgIpc) is 2.60. The number of benzene rings is 2. The zero-order valence-electron chi connectivity index (χ0n) is 14.6. The summed E-state index contributed by atoms with van der Waals surface area (Å²) in [7, 11) is 0. The molecule has 0 aromatic heterocycles. The van der Waals surface area contributed by atoms with Gasteiger partial charge in [0, 0.05) is 0 Å². The Hall–Kier alpha value is -2.33. The standard InChI is InChI=1S/C21H26O4/c1-2-3-4-11-20(22)18-9-6-10-19(14-18)25-15-17-8-5-7-16(12-17)13-21(23)24/h5-10,12,14,20,22H,2-4,11,13,15H2,1H3,(H,23,24)/t20-/m0/s1. The number of carboxylic acid groups (broad SMARTS) is 1. The van der Waals surface area contributed by atoms with Crippen LogP contribution in [0.4, 0.5) is 0 Å². The Morgan fingerprint density at radius 3 is 2.60 bits per heavy atom. The van der Waals surface area contributed by atoms with Crippen LogP contribution in [0.25, 0.3) is 0 Å². The minimum atomic E-state index is -0.845. The van der Waals surface area contributed by atoms with E-state index in [4.69, 9.17) is 9.84 Å². The minimum absolute atomic E-state index is 0.00722. The molecule has 25 heavy (non-hydrogen) atoms. The summed E-state index contributed by atoms with van der Waals surface area (Å²) in [6.07, 6.45) is 3.58. The van der Waals surface area contributed by atoms with Gasteiger partial charge in [0.1, 0.15) is 12.4 Å². The molecule has 0 radical (unpaired) electrons. The zero-order valence-corrected chi connectivity index (χ0v) is 14.6. The second-order valence-electron chi connectivity index (χ2n) is 6.26. The Bertz CT molecular complexity index is 681. The molecule has 134 valence electrons. The third-order valence-electron chi connectivity index (χ3n) is 4.08. The maximum absolute atomic E-state index is 10.8. The summed E-state index contributed by atoms with van der Waals surface area (Å²) in [6.45, 7) is 2.51. The number of unbranched alkanes of at least 4 members (excludes halogenated alkanes) is 2. The summed E-state index contributed by atoms with van der Waals surface area (Å²) >= 11 is 0. The van der Waals surface area contributed by atoms with Crippen molar-refractivity contribution in [1.82, 2.24) is 0 Å². The molecule has 0 aliphatic carbocycles. The number of ether oxygens (including phenoxy) is 1. The van der Waals surface area contributed by atoms with Crippen molar-refractivity contribution >= 4 is 5.97 Å². The molecule has 0 aliphatic heterocycles. The highest BCUT2D eigenvalue weighted by Gasteiger charge is 2.08. The molecule has 0 unspecified atom stereocenters. The average molecular weight is 342 g/mol. The van der Waals surface area contributed by atoms with Crippen LogP contribution in [0.1, 0.15) is 55.4 Å².